The quantitative estimate of drug-likeness (QED) is 0.633. The highest BCUT2D eigenvalue weighted by molar-refractivity contribution is 5.38. The molecule has 1 aromatic carbocycles. The summed E-state index contributed by atoms with van der Waals surface area (Å²) in [5.74, 6) is 4.59. The maximum atomic E-state index is 13.4. The molecule has 0 spiro atoms. The van der Waals surface area contributed by atoms with Crippen LogP contribution in [-0.2, 0) is 16.1 Å². The second-order valence-electron chi connectivity index (χ2n) is 4.25. The van der Waals surface area contributed by atoms with Crippen LogP contribution in [0.15, 0.2) is 18.2 Å². The van der Waals surface area contributed by atoms with Gasteiger partial charge < -0.3 is 14.6 Å². The molecule has 0 aliphatic rings. The van der Waals surface area contributed by atoms with E-state index in [4.69, 9.17) is 14.6 Å². The summed E-state index contributed by atoms with van der Waals surface area (Å²) in [7, 11) is 0. The van der Waals surface area contributed by atoms with Crippen molar-refractivity contribution in [1.82, 2.24) is 0 Å². The smallest absolute Gasteiger partial charge is 0.138 e. The fraction of sp³-hybridized carbons (Fsp3) is 0.467. The van der Waals surface area contributed by atoms with E-state index in [0.717, 1.165) is 5.56 Å². The molecule has 0 amide bonds. The molecule has 0 bridgehead atoms. The van der Waals surface area contributed by atoms with Gasteiger partial charge in [0.1, 0.15) is 12.4 Å². The van der Waals surface area contributed by atoms with E-state index in [9.17, 15) is 4.39 Å². The van der Waals surface area contributed by atoms with E-state index >= 15 is 0 Å². The molecule has 0 aliphatic carbocycles. The minimum absolute atomic E-state index is 0.190. The van der Waals surface area contributed by atoms with Gasteiger partial charge in [-0.1, -0.05) is 17.9 Å². The van der Waals surface area contributed by atoms with Crippen molar-refractivity contribution in [3.05, 3.63) is 35.1 Å². The Hall–Kier alpha value is -1.41. The Labute approximate surface area is 113 Å². The standard InChI is InChI=1S/C15H19FO3/c1-12(2)19-9-8-18-11-13-5-6-15(16)14(10-13)4-3-7-17/h5-6,10,12,17H,7-9,11H2,1-2H3. The number of halogens is 1. The highest BCUT2D eigenvalue weighted by Gasteiger charge is 2.01. The first-order valence-corrected chi connectivity index (χ1v) is 6.21. The molecule has 104 valence electrons. The molecule has 3 nitrogen and oxygen atoms in total. The van der Waals surface area contributed by atoms with Crippen molar-refractivity contribution in [2.24, 2.45) is 0 Å². The molecule has 0 aliphatic heterocycles. The van der Waals surface area contributed by atoms with E-state index in [-0.39, 0.29) is 18.3 Å². The molecule has 0 radical (unpaired) electrons. The normalized spacial score (nSPS) is 10.4. The summed E-state index contributed by atoms with van der Waals surface area (Å²) >= 11 is 0. The Kier molecular flexibility index (Phi) is 7.12. The van der Waals surface area contributed by atoms with Crippen molar-refractivity contribution in [1.29, 1.82) is 0 Å². The molecule has 1 rings (SSSR count). The molecular formula is C15H19FO3. The summed E-state index contributed by atoms with van der Waals surface area (Å²) in [6.07, 6.45) is 0.190. The molecule has 0 aromatic heterocycles. The van der Waals surface area contributed by atoms with E-state index in [1.165, 1.54) is 6.07 Å². The first-order chi connectivity index (χ1) is 9.13. The number of hydrogen-bond acceptors (Lipinski definition) is 3. The van der Waals surface area contributed by atoms with Crippen molar-refractivity contribution in [2.75, 3.05) is 19.8 Å². The lowest BCUT2D eigenvalue weighted by Crippen LogP contribution is -2.09. The first kappa shape index (κ1) is 15.6. The zero-order valence-electron chi connectivity index (χ0n) is 11.3. The van der Waals surface area contributed by atoms with Gasteiger partial charge in [-0.15, -0.1) is 0 Å². The summed E-state index contributed by atoms with van der Waals surface area (Å²) in [6, 6.07) is 4.63. The van der Waals surface area contributed by atoms with Gasteiger partial charge in [-0.2, -0.15) is 0 Å². The zero-order valence-corrected chi connectivity index (χ0v) is 11.3. The van der Waals surface area contributed by atoms with Gasteiger partial charge in [-0.25, -0.2) is 4.39 Å². The van der Waals surface area contributed by atoms with E-state index in [0.29, 0.717) is 19.8 Å². The molecule has 0 saturated heterocycles. The number of aliphatic hydroxyl groups excluding tert-OH is 1. The van der Waals surface area contributed by atoms with Crippen LogP contribution in [0.5, 0.6) is 0 Å². The van der Waals surface area contributed by atoms with Crippen molar-refractivity contribution in [3.8, 4) is 11.8 Å². The molecular weight excluding hydrogens is 247 g/mol. The predicted octanol–water partition coefficient (Wildman–Crippen LogP) is 2.11. The predicted molar refractivity (Wildman–Crippen MR) is 71.1 cm³/mol. The van der Waals surface area contributed by atoms with Crippen LogP contribution in [0.3, 0.4) is 0 Å². The Morgan fingerprint density at radius 3 is 2.79 bits per heavy atom. The summed E-state index contributed by atoms with van der Waals surface area (Å²) < 4.78 is 24.1. The molecule has 0 fully saturated rings. The van der Waals surface area contributed by atoms with Gasteiger partial charge in [0, 0.05) is 0 Å². The lowest BCUT2D eigenvalue weighted by molar-refractivity contribution is 0.0143. The van der Waals surface area contributed by atoms with Crippen LogP contribution < -0.4 is 0 Å². The van der Waals surface area contributed by atoms with Crippen LogP contribution in [0.2, 0.25) is 0 Å². The lowest BCUT2D eigenvalue weighted by Gasteiger charge is -2.08. The van der Waals surface area contributed by atoms with E-state index in [1.807, 2.05) is 13.8 Å². The second-order valence-corrected chi connectivity index (χ2v) is 4.25. The topological polar surface area (TPSA) is 38.7 Å². The molecule has 0 unspecified atom stereocenters. The number of hydrogen-bond donors (Lipinski definition) is 1. The summed E-state index contributed by atoms with van der Waals surface area (Å²) in [6.45, 7) is 5.06. The minimum atomic E-state index is -0.396. The Bertz CT molecular complexity index is 446. The molecule has 1 N–H and O–H groups in total. The van der Waals surface area contributed by atoms with Gasteiger partial charge in [-0.3, -0.25) is 0 Å². The van der Waals surface area contributed by atoms with E-state index in [2.05, 4.69) is 11.8 Å². The SMILES string of the molecule is CC(C)OCCOCc1ccc(F)c(C#CCO)c1. The molecule has 0 heterocycles. The highest BCUT2D eigenvalue weighted by atomic mass is 19.1. The fourth-order valence-electron chi connectivity index (χ4n) is 1.43. The van der Waals surface area contributed by atoms with Gasteiger partial charge in [0.05, 0.1) is 31.5 Å². The Morgan fingerprint density at radius 2 is 2.11 bits per heavy atom. The fourth-order valence-corrected chi connectivity index (χ4v) is 1.43. The first-order valence-electron chi connectivity index (χ1n) is 6.21. The van der Waals surface area contributed by atoms with Crippen LogP contribution in [-0.4, -0.2) is 31.0 Å². The van der Waals surface area contributed by atoms with Crippen LogP contribution in [0.4, 0.5) is 4.39 Å². The highest BCUT2D eigenvalue weighted by Crippen LogP contribution is 2.10. The number of benzene rings is 1. The van der Waals surface area contributed by atoms with Gasteiger partial charge in [0.2, 0.25) is 0 Å². The average Bonchev–Trinajstić information content (AvgIpc) is 2.38. The van der Waals surface area contributed by atoms with E-state index in [1.54, 1.807) is 12.1 Å². The number of rotatable bonds is 6. The van der Waals surface area contributed by atoms with Crippen LogP contribution in [0.25, 0.3) is 0 Å². The van der Waals surface area contributed by atoms with Crippen molar-refractivity contribution in [2.45, 2.75) is 26.6 Å². The third-order valence-electron chi connectivity index (χ3n) is 2.28. The average molecular weight is 266 g/mol. The van der Waals surface area contributed by atoms with Crippen molar-refractivity contribution in [3.63, 3.8) is 0 Å². The van der Waals surface area contributed by atoms with Crippen LogP contribution in [0, 0.1) is 17.7 Å². The third kappa shape index (κ3) is 6.35. The van der Waals surface area contributed by atoms with Crippen molar-refractivity contribution < 1.29 is 19.0 Å². The number of aliphatic hydroxyl groups is 1. The summed E-state index contributed by atoms with van der Waals surface area (Å²) in [5.41, 5.74) is 1.11. The molecule has 0 saturated carbocycles. The van der Waals surface area contributed by atoms with Crippen LogP contribution in [0.1, 0.15) is 25.0 Å². The molecule has 4 heteroatoms. The van der Waals surface area contributed by atoms with Crippen LogP contribution >= 0.6 is 0 Å². The number of ether oxygens (including phenoxy) is 2. The maximum Gasteiger partial charge on any atom is 0.138 e. The minimum Gasteiger partial charge on any atom is -0.384 e. The Morgan fingerprint density at radius 1 is 1.32 bits per heavy atom. The summed E-state index contributed by atoms with van der Waals surface area (Å²) in [4.78, 5) is 0. The van der Waals surface area contributed by atoms with Gasteiger partial charge >= 0.3 is 0 Å². The lowest BCUT2D eigenvalue weighted by atomic mass is 10.1. The monoisotopic (exact) mass is 266 g/mol. The Balaban J connectivity index is 2.46. The molecule has 0 atom stereocenters. The molecule has 1 aromatic rings. The second kappa shape index (κ2) is 8.65. The molecule has 19 heavy (non-hydrogen) atoms. The zero-order chi connectivity index (χ0) is 14.1. The largest absolute Gasteiger partial charge is 0.384 e. The summed E-state index contributed by atoms with van der Waals surface area (Å²) in [5, 5.41) is 8.60. The van der Waals surface area contributed by atoms with Gasteiger partial charge in [0.25, 0.3) is 0 Å². The van der Waals surface area contributed by atoms with Crippen molar-refractivity contribution >= 4 is 0 Å². The van der Waals surface area contributed by atoms with Gasteiger partial charge in [-0.05, 0) is 31.5 Å². The third-order valence-corrected chi connectivity index (χ3v) is 2.28. The van der Waals surface area contributed by atoms with Gasteiger partial charge in [0.15, 0.2) is 0 Å². The maximum absolute atomic E-state index is 13.4. The van der Waals surface area contributed by atoms with E-state index < -0.39 is 5.82 Å².